The fourth-order valence-electron chi connectivity index (χ4n) is 1.12. The van der Waals surface area contributed by atoms with Gasteiger partial charge in [0.15, 0.2) is 0 Å². The third kappa shape index (κ3) is 5.10. The van der Waals surface area contributed by atoms with Crippen LogP contribution < -0.4 is 21.1 Å². The lowest BCUT2D eigenvalue weighted by atomic mass is 10.3. The molecule has 0 bridgehead atoms. The molecule has 0 saturated heterocycles. The number of halogens is 2. The van der Waals surface area contributed by atoms with Gasteiger partial charge in [-0.3, -0.25) is 10.1 Å². The van der Waals surface area contributed by atoms with E-state index < -0.39 is 18.5 Å². The Balaban J connectivity index is 2.44. The lowest BCUT2D eigenvalue weighted by Crippen LogP contribution is -2.38. The molecule has 0 aliphatic heterocycles. The maximum absolute atomic E-state index is 11.9. The molecule has 0 unspecified atom stereocenters. The first kappa shape index (κ1) is 13.7. The minimum atomic E-state index is -2.88. The summed E-state index contributed by atoms with van der Waals surface area (Å²) in [4.78, 5) is 21.4. The zero-order valence-electron chi connectivity index (χ0n) is 9.15. The Labute approximate surface area is 101 Å². The molecule has 0 radical (unpaired) electrons. The maximum atomic E-state index is 11.9. The Morgan fingerprint density at radius 1 is 1.28 bits per heavy atom. The van der Waals surface area contributed by atoms with Crippen LogP contribution in [0.4, 0.5) is 19.3 Å². The molecule has 98 valence electrons. The van der Waals surface area contributed by atoms with Crippen LogP contribution in [0.1, 0.15) is 0 Å². The van der Waals surface area contributed by atoms with Crippen molar-refractivity contribution in [1.82, 2.24) is 5.32 Å². The number of carbonyl (C=O) groups is 2. The van der Waals surface area contributed by atoms with Gasteiger partial charge in [-0.25, -0.2) is 4.79 Å². The maximum Gasteiger partial charge on any atom is 0.387 e. The van der Waals surface area contributed by atoms with Crippen LogP contribution in [-0.2, 0) is 4.79 Å². The number of amides is 3. The van der Waals surface area contributed by atoms with Crippen LogP contribution in [0.3, 0.4) is 0 Å². The molecular formula is C10H11F2N3O3. The first-order valence-electron chi connectivity index (χ1n) is 4.85. The summed E-state index contributed by atoms with van der Waals surface area (Å²) < 4.78 is 27.9. The monoisotopic (exact) mass is 259 g/mol. The van der Waals surface area contributed by atoms with Gasteiger partial charge in [0.05, 0.1) is 6.54 Å². The molecule has 0 aliphatic carbocycles. The number of rotatable bonds is 5. The average molecular weight is 259 g/mol. The van der Waals surface area contributed by atoms with Crippen LogP contribution >= 0.6 is 0 Å². The van der Waals surface area contributed by atoms with Crippen LogP contribution in [-0.4, -0.2) is 25.1 Å². The van der Waals surface area contributed by atoms with Gasteiger partial charge in [0.2, 0.25) is 5.91 Å². The molecule has 0 aromatic heterocycles. The van der Waals surface area contributed by atoms with Crippen molar-refractivity contribution in [3.8, 4) is 5.75 Å². The van der Waals surface area contributed by atoms with E-state index in [0.29, 0.717) is 5.69 Å². The molecule has 18 heavy (non-hydrogen) atoms. The van der Waals surface area contributed by atoms with Gasteiger partial charge in [0, 0.05) is 5.69 Å². The summed E-state index contributed by atoms with van der Waals surface area (Å²) in [6, 6.07) is 4.60. The van der Waals surface area contributed by atoms with E-state index in [1.54, 1.807) is 0 Å². The second-order valence-electron chi connectivity index (χ2n) is 3.17. The molecular weight excluding hydrogens is 248 g/mol. The lowest BCUT2D eigenvalue weighted by Gasteiger charge is -2.07. The number of primary amides is 1. The van der Waals surface area contributed by atoms with Crippen molar-refractivity contribution in [2.75, 3.05) is 11.9 Å². The number of benzene rings is 1. The zero-order valence-corrected chi connectivity index (χ0v) is 9.15. The van der Waals surface area contributed by atoms with Gasteiger partial charge in [-0.2, -0.15) is 8.78 Å². The fraction of sp³-hybridized carbons (Fsp3) is 0.200. The molecule has 8 heteroatoms. The summed E-state index contributed by atoms with van der Waals surface area (Å²) >= 11 is 0. The predicted octanol–water partition coefficient (Wildman–Crippen LogP) is 0.895. The molecule has 3 amide bonds. The first-order chi connectivity index (χ1) is 8.47. The molecule has 0 spiro atoms. The van der Waals surface area contributed by atoms with Crippen LogP contribution in [0.2, 0.25) is 0 Å². The average Bonchev–Trinajstić information content (AvgIpc) is 2.26. The zero-order chi connectivity index (χ0) is 13.5. The van der Waals surface area contributed by atoms with Crippen LogP contribution in [0.25, 0.3) is 0 Å². The van der Waals surface area contributed by atoms with Crippen molar-refractivity contribution < 1.29 is 23.1 Å². The number of nitrogens with one attached hydrogen (secondary N) is 2. The van der Waals surface area contributed by atoms with E-state index in [9.17, 15) is 18.4 Å². The predicted molar refractivity (Wildman–Crippen MR) is 59.3 cm³/mol. The van der Waals surface area contributed by atoms with Crippen molar-refractivity contribution >= 4 is 17.6 Å². The van der Waals surface area contributed by atoms with E-state index >= 15 is 0 Å². The van der Waals surface area contributed by atoms with Crippen molar-refractivity contribution in [3.05, 3.63) is 24.3 Å². The second-order valence-corrected chi connectivity index (χ2v) is 3.17. The van der Waals surface area contributed by atoms with Crippen LogP contribution in [0.15, 0.2) is 24.3 Å². The highest BCUT2D eigenvalue weighted by Gasteiger charge is 2.05. The summed E-state index contributed by atoms with van der Waals surface area (Å²) in [6.45, 7) is -3.05. The van der Waals surface area contributed by atoms with Gasteiger partial charge >= 0.3 is 12.6 Å². The van der Waals surface area contributed by atoms with Crippen molar-refractivity contribution in [2.24, 2.45) is 5.73 Å². The Morgan fingerprint density at radius 2 is 1.89 bits per heavy atom. The van der Waals surface area contributed by atoms with E-state index in [1.807, 2.05) is 5.32 Å². The van der Waals surface area contributed by atoms with Gasteiger partial charge in [-0.15, -0.1) is 0 Å². The highest BCUT2D eigenvalue weighted by atomic mass is 19.3. The topological polar surface area (TPSA) is 93.5 Å². The number of urea groups is 1. The van der Waals surface area contributed by atoms with Gasteiger partial charge in [0.25, 0.3) is 0 Å². The Hall–Kier alpha value is -2.38. The number of imide groups is 1. The summed E-state index contributed by atoms with van der Waals surface area (Å²) in [5, 5.41) is 4.53. The summed E-state index contributed by atoms with van der Waals surface area (Å²) in [6.07, 6.45) is 0. The third-order valence-corrected chi connectivity index (χ3v) is 1.80. The number of ether oxygens (including phenoxy) is 1. The van der Waals surface area contributed by atoms with Crippen LogP contribution in [0.5, 0.6) is 5.75 Å². The first-order valence-corrected chi connectivity index (χ1v) is 4.85. The largest absolute Gasteiger partial charge is 0.435 e. The minimum absolute atomic E-state index is 0.0112. The molecule has 0 fully saturated rings. The second kappa shape index (κ2) is 6.38. The van der Waals surface area contributed by atoms with E-state index in [0.717, 1.165) is 0 Å². The Morgan fingerprint density at radius 3 is 2.39 bits per heavy atom. The minimum Gasteiger partial charge on any atom is -0.435 e. The summed E-state index contributed by atoms with van der Waals surface area (Å²) in [5.41, 5.74) is 5.25. The molecule has 1 aromatic carbocycles. The van der Waals surface area contributed by atoms with Gasteiger partial charge in [-0.1, -0.05) is 0 Å². The number of anilines is 1. The molecule has 0 saturated carbocycles. The number of hydrogen-bond acceptors (Lipinski definition) is 4. The van der Waals surface area contributed by atoms with Crippen LogP contribution in [0, 0.1) is 0 Å². The van der Waals surface area contributed by atoms with Crippen molar-refractivity contribution in [3.63, 3.8) is 0 Å². The Bertz CT molecular complexity index is 423. The number of hydrogen-bond donors (Lipinski definition) is 3. The van der Waals surface area contributed by atoms with E-state index in [2.05, 4.69) is 10.1 Å². The number of alkyl halides is 2. The van der Waals surface area contributed by atoms with Crippen molar-refractivity contribution in [2.45, 2.75) is 6.61 Å². The van der Waals surface area contributed by atoms with E-state index in [4.69, 9.17) is 5.73 Å². The molecule has 1 rings (SSSR count). The molecule has 4 N–H and O–H groups in total. The quantitative estimate of drug-likeness (QED) is 0.732. The lowest BCUT2D eigenvalue weighted by molar-refractivity contribution is -0.118. The molecule has 0 heterocycles. The van der Waals surface area contributed by atoms with E-state index in [-0.39, 0.29) is 12.3 Å². The van der Waals surface area contributed by atoms with Crippen molar-refractivity contribution in [1.29, 1.82) is 0 Å². The smallest absolute Gasteiger partial charge is 0.387 e. The highest BCUT2D eigenvalue weighted by Crippen LogP contribution is 2.17. The SMILES string of the molecule is NC(=O)NC(=O)CNc1ccc(OC(F)F)cc1. The van der Waals surface area contributed by atoms with E-state index in [1.165, 1.54) is 24.3 Å². The summed E-state index contributed by atoms with van der Waals surface area (Å²) in [7, 11) is 0. The number of nitrogens with two attached hydrogens (primary N) is 1. The molecule has 0 atom stereocenters. The molecule has 6 nitrogen and oxygen atoms in total. The Kier molecular flexibility index (Phi) is 4.85. The van der Waals surface area contributed by atoms with Gasteiger partial charge in [-0.05, 0) is 24.3 Å². The third-order valence-electron chi connectivity index (χ3n) is 1.80. The normalized spacial score (nSPS) is 9.94. The number of carbonyl (C=O) groups excluding carboxylic acids is 2. The fourth-order valence-corrected chi connectivity index (χ4v) is 1.12. The standard InChI is InChI=1S/C10H11F2N3O3/c11-9(12)18-7-3-1-6(2-4-7)14-5-8(16)15-10(13)17/h1-4,9,14H,5H2,(H3,13,15,16,17). The molecule has 1 aromatic rings. The summed E-state index contributed by atoms with van der Waals surface area (Å²) in [5.74, 6) is -0.590. The molecule has 0 aliphatic rings. The van der Waals surface area contributed by atoms with Gasteiger partial charge < -0.3 is 15.8 Å². The van der Waals surface area contributed by atoms with Gasteiger partial charge in [0.1, 0.15) is 5.75 Å². The highest BCUT2D eigenvalue weighted by molar-refractivity contribution is 5.95.